The highest BCUT2D eigenvalue weighted by Gasteiger charge is 2.07. The molecular weight excluding hydrogens is 246 g/mol. The summed E-state index contributed by atoms with van der Waals surface area (Å²) in [5.74, 6) is 0. The molecule has 0 saturated heterocycles. The van der Waals surface area contributed by atoms with Crippen LogP contribution in [0.2, 0.25) is 0 Å². The van der Waals surface area contributed by atoms with Crippen LogP contribution >= 0.6 is 0 Å². The van der Waals surface area contributed by atoms with Gasteiger partial charge in [0.05, 0.1) is 17.4 Å². The van der Waals surface area contributed by atoms with Gasteiger partial charge in [0.1, 0.15) is 0 Å². The van der Waals surface area contributed by atoms with Crippen LogP contribution in [0.15, 0.2) is 48.7 Å². The molecule has 1 aromatic heterocycles. The Hall–Kier alpha value is -2.13. The molecule has 0 aliphatic heterocycles. The third-order valence-corrected chi connectivity index (χ3v) is 3.55. The molecule has 0 spiro atoms. The Labute approximate surface area is 119 Å². The average Bonchev–Trinajstić information content (AvgIpc) is 2.89. The first-order valence-corrected chi connectivity index (χ1v) is 7.03. The van der Waals surface area contributed by atoms with Crippen LogP contribution in [0.4, 0.5) is 0 Å². The highest BCUT2D eigenvalue weighted by Crippen LogP contribution is 2.21. The smallest absolute Gasteiger partial charge is 0.0741 e. The van der Waals surface area contributed by atoms with Gasteiger partial charge < -0.3 is 5.32 Å². The molecule has 0 unspecified atom stereocenters. The number of nitrogens with zero attached hydrogens (tertiary/aromatic N) is 2. The molecule has 1 heterocycles. The normalized spacial score (nSPS) is 11.1. The number of benzene rings is 2. The molecule has 2 aromatic carbocycles. The highest BCUT2D eigenvalue weighted by atomic mass is 15.3. The molecule has 3 rings (SSSR count). The van der Waals surface area contributed by atoms with Crippen LogP contribution in [0.1, 0.15) is 18.1 Å². The first-order chi connectivity index (χ1) is 9.79. The predicted octanol–water partition coefficient (Wildman–Crippen LogP) is 3.44. The molecule has 0 fully saturated rings. The minimum absolute atomic E-state index is 0.914. The number of hydrogen-bond donors (Lipinski definition) is 1. The van der Waals surface area contributed by atoms with Crippen LogP contribution in [0.5, 0.6) is 0 Å². The summed E-state index contributed by atoms with van der Waals surface area (Å²) in [4.78, 5) is 0. The molecule has 20 heavy (non-hydrogen) atoms. The summed E-state index contributed by atoms with van der Waals surface area (Å²) >= 11 is 0. The fraction of sp³-hybridized carbons (Fsp3) is 0.235. The number of aryl methyl sites for hydroxylation is 1. The standard InChI is InChI=1S/C17H19N3/c1-3-18-11-14-8-9-16(13(2)10-14)20-17-7-5-4-6-15(17)12-19-20/h4-10,12,18H,3,11H2,1-2H3. The Morgan fingerprint density at radius 1 is 1.15 bits per heavy atom. The Bertz CT molecular complexity index is 728. The van der Waals surface area contributed by atoms with E-state index in [1.807, 2.05) is 16.9 Å². The van der Waals surface area contributed by atoms with Gasteiger partial charge in [0.25, 0.3) is 0 Å². The molecule has 102 valence electrons. The van der Waals surface area contributed by atoms with Crippen molar-refractivity contribution in [3.05, 3.63) is 59.8 Å². The van der Waals surface area contributed by atoms with E-state index in [-0.39, 0.29) is 0 Å². The lowest BCUT2D eigenvalue weighted by atomic mass is 10.1. The van der Waals surface area contributed by atoms with E-state index >= 15 is 0 Å². The number of rotatable bonds is 4. The maximum Gasteiger partial charge on any atom is 0.0741 e. The highest BCUT2D eigenvalue weighted by molar-refractivity contribution is 5.80. The van der Waals surface area contributed by atoms with Crippen molar-refractivity contribution < 1.29 is 0 Å². The molecule has 1 N–H and O–H groups in total. The SMILES string of the molecule is CCNCc1ccc(-n2ncc3ccccc32)c(C)c1. The maximum atomic E-state index is 4.52. The van der Waals surface area contributed by atoms with Crippen molar-refractivity contribution >= 4 is 10.9 Å². The van der Waals surface area contributed by atoms with Gasteiger partial charge in [-0.05, 0) is 36.7 Å². The van der Waals surface area contributed by atoms with Gasteiger partial charge in [-0.25, -0.2) is 4.68 Å². The first-order valence-electron chi connectivity index (χ1n) is 7.03. The summed E-state index contributed by atoms with van der Waals surface area (Å²) in [7, 11) is 0. The van der Waals surface area contributed by atoms with Gasteiger partial charge >= 0.3 is 0 Å². The van der Waals surface area contributed by atoms with E-state index in [9.17, 15) is 0 Å². The van der Waals surface area contributed by atoms with Crippen LogP contribution in [0.25, 0.3) is 16.6 Å². The molecule has 0 aliphatic carbocycles. The summed E-state index contributed by atoms with van der Waals surface area (Å²) in [6.07, 6.45) is 1.92. The predicted molar refractivity (Wildman–Crippen MR) is 83.2 cm³/mol. The van der Waals surface area contributed by atoms with Crippen molar-refractivity contribution in [1.82, 2.24) is 15.1 Å². The summed E-state index contributed by atoms with van der Waals surface area (Å²) in [5.41, 5.74) is 4.85. The quantitative estimate of drug-likeness (QED) is 0.783. The number of para-hydroxylation sites is 1. The first kappa shape index (κ1) is 12.9. The largest absolute Gasteiger partial charge is 0.313 e. The van der Waals surface area contributed by atoms with Gasteiger partial charge in [-0.3, -0.25) is 0 Å². The second-order valence-corrected chi connectivity index (χ2v) is 5.02. The van der Waals surface area contributed by atoms with Crippen LogP contribution < -0.4 is 5.32 Å². The lowest BCUT2D eigenvalue weighted by Crippen LogP contribution is -2.12. The van der Waals surface area contributed by atoms with Crippen molar-refractivity contribution in [2.24, 2.45) is 0 Å². The lowest BCUT2D eigenvalue weighted by molar-refractivity contribution is 0.726. The summed E-state index contributed by atoms with van der Waals surface area (Å²) in [5, 5.41) is 9.04. The fourth-order valence-corrected chi connectivity index (χ4v) is 2.50. The van der Waals surface area contributed by atoms with Crippen molar-refractivity contribution in [3.8, 4) is 5.69 Å². The fourth-order valence-electron chi connectivity index (χ4n) is 2.50. The van der Waals surface area contributed by atoms with Gasteiger partial charge in [0, 0.05) is 11.9 Å². The van der Waals surface area contributed by atoms with E-state index in [4.69, 9.17) is 0 Å². The molecular formula is C17H19N3. The molecule has 3 aromatic rings. The average molecular weight is 265 g/mol. The van der Waals surface area contributed by atoms with Gasteiger partial charge in [-0.2, -0.15) is 5.10 Å². The Morgan fingerprint density at radius 2 is 2.00 bits per heavy atom. The third kappa shape index (κ3) is 2.32. The van der Waals surface area contributed by atoms with Crippen molar-refractivity contribution in [2.75, 3.05) is 6.54 Å². The van der Waals surface area contributed by atoms with Crippen LogP contribution in [-0.4, -0.2) is 16.3 Å². The maximum absolute atomic E-state index is 4.52. The number of nitrogens with one attached hydrogen (secondary N) is 1. The van der Waals surface area contributed by atoms with E-state index in [0.717, 1.165) is 24.3 Å². The molecule has 0 amide bonds. The molecule has 0 radical (unpaired) electrons. The van der Waals surface area contributed by atoms with Gasteiger partial charge in [-0.1, -0.05) is 37.3 Å². The minimum Gasteiger partial charge on any atom is -0.313 e. The van der Waals surface area contributed by atoms with Crippen LogP contribution in [0, 0.1) is 6.92 Å². The molecule has 0 aliphatic rings. The molecule has 0 saturated carbocycles. The summed E-state index contributed by atoms with van der Waals surface area (Å²) in [6.45, 7) is 6.17. The second kappa shape index (κ2) is 5.47. The Balaban J connectivity index is 2.02. The molecule has 3 heteroatoms. The van der Waals surface area contributed by atoms with E-state index in [1.165, 1.54) is 16.5 Å². The van der Waals surface area contributed by atoms with Gasteiger partial charge in [0.2, 0.25) is 0 Å². The minimum atomic E-state index is 0.914. The molecule has 3 nitrogen and oxygen atoms in total. The lowest BCUT2D eigenvalue weighted by Gasteiger charge is -2.10. The van der Waals surface area contributed by atoms with Crippen molar-refractivity contribution in [3.63, 3.8) is 0 Å². The topological polar surface area (TPSA) is 29.9 Å². The zero-order valence-corrected chi connectivity index (χ0v) is 11.9. The van der Waals surface area contributed by atoms with Crippen molar-refractivity contribution in [2.45, 2.75) is 20.4 Å². The van der Waals surface area contributed by atoms with E-state index in [1.54, 1.807) is 0 Å². The number of fused-ring (bicyclic) bond motifs is 1. The van der Waals surface area contributed by atoms with E-state index < -0.39 is 0 Å². The Morgan fingerprint density at radius 3 is 2.80 bits per heavy atom. The van der Waals surface area contributed by atoms with Crippen LogP contribution in [-0.2, 0) is 6.54 Å². The molecule has 0 atom stereocenters. The number of aromatic nitrogens is 2. The van der Waals surface area contributed by atoms with Crippen molar-refractivity contribution in [1.29, 1.82) is 0 Å². The summed E-state index contributed by atoms with van der Waals surface area (Å²) in [6, 6.07) is 14.8. The zero-order chi connectivity index (χ0) is 13.9. The van der Waals surface area contributed by atoms with E-state index in [0.29, 0.717) is 0 Å². The summed E-state index contributed by atoms with van der Waals surface area (Å²) < 4.78 is 2.02. The monoisotopic (exact) mass is 265 g/mol. The third-order valence-electron chi connectivity index (χ3n) is 3.55. The zero-order valence-electron chi connectivity index (χ0n) is 11.9. The molecule has 0 bridgehead atoms. The second-order valence-electron chi connectivity index (χ2n) is 5.02. The van der Waals surface area contributed by atoms with Gasteiger partial charge in [0.15, 0.2) is 0 Å². The van der Waals surface area contributed by atoms with Gasteiger partial charge in [-0.15, -0.1) is 0 Å². The Kier molecular flexibility index (Phi) is 3.52. The number of hydrogen-bond acceptors (Lipinski definition) is 2. The van der Waals surface area contributed by atoms with E-state index in [2.05, 4.69) is 60.7 Å². The van der Waals surface area contributed by atoms with Crippen LogP contribution in [0.3, 0.4) is 0 Å².